The van der Waals surface area contributed by atoms with Crippen LogP contribution in [-0.4, -0.2) is 25.5 Å². The molecule has 0 saturated carbocycles. The van der Waals surface area contributed by atoms with E-state index in [0.29, 0.717) is 34.2 Å². The Balaban J connectivity index is 1.47. The van der Waals surface area contributed by atoms with E-state index >= 15 is 0 Å². The molecule has 0 fully saturated rings. The van der Waals surface area contributed by atoms with Crippen LogP contribution in [0.25, 0.3) is 0 Å². The van der Waals surface area contributed by atoms with Crippen molar-refractivity contribution in [3.8, 4) is 0 Å². The van der Waals surface area contributed by atoms with E-state index in [1.165, 1.54) is 6.07 Å². The van der Waals surface area contributed by atoms with Gasteiger partial charge in [0.1, 0.15) is 0 Å². The summed E-state index contributed by atoms with van der Waals surface area (Å²) in [7, 11) is 0. The summed E-state index contributed by atoms with van der Waals surface area (Å²) in [6, 6.07) is 13.9. The Labute approximate surface area is 205 Å². The Bertz CT molecular complexity index is 1390. The van der Waals surface area contributed by atoms with Gasteiger partial charge in [-0.25, -0.2) is 0 Å². The summed E-state index contributed by atoms with van der Waals surface area (Å²) in [5, 5.41) is 12.2. The van der Waals surface area contributed by atoms with Gasteiger partial charge < -0.3 is 5.32 Å². The van der Waals surface area contributed by atoms with Crippen molar-refractivity contribution in [3.05, 3.63) is 99.0 Å². The Morgan fingerprint density at radius 3 is 2.26 bits per heavy atom. The number of halogens is 4. The third-order valence-electron chi connectivity index (χ3n) is 5.62. The van der Waals surface area contributed by atoms with Crippen molar-refractivity contribution in [2.75, 3.05) is 5.32 Å². The molecule has 0 aliphatic heterocycles. The van der Waals surface area contributed by atoms with Gasteiger partial charge >= 0.3 is 6.18 Å². The van der Waals surface area contributed by atoms with Crippen LogP contribution in [0.15, 0.2) is 54.6 Å². The van der Waals surface area contributed by atoms with Crippen molar-refractivity contribution in [3.63, 3.8) is 0 Å². The van der Waals surface area contributed by atoms with Crippen LogP contribution < -0.4 is 5.32 Å². The lowest BCUT2D eigenvalue weighted by molar-refractivity contribution is -0.137. The molecule has 10 heteroatoms. The highest BCUT2D eigenvalue weighted by atomic mass is 35.5. The number of carbonyl (C=O) groups excluding carboxylic acids is 1. The predicted molar refractivity (Wildman–Crippen MR) is 128 cm³/mol. The van der Waals surface area contributed by atoms with Crippen molar-refractivity contribution in [2.45, 2.75) is 40.0 Å². The third kappa shape index (κ3) is 5.57. The zero-order valence-electron chi connectivity index (χ0n) is 19.3. The van der Waals surface area contributed by atoms with Crippen LogP contribution in [0.2, 0.25) is 5.02 Å². The van der Waals surface area contributed by atoms with E-state index in [1.807, 2.05) is 19.9 Å². The summed E-state index contributed by atoms with van der Waals surface area (Å²) in [4.78, 5) is 12.8. The maximum atomic E-state index is 13.0. The summed E-state index contributed by atoms with van der Waals surface area (Å²) < 4.78 is 42.3. The summed E-state index contributed by atoms with van der Waals surface area (Å²) in [5.74, 6) is -0.0304. The number of amides is 1. The molecule has 0 bridgehead atoms. The summed E-state index contributed by atoms with van der Waals surface area (Å²) >= 11 is 6.22. The van der Waals surface area contributed by atoms with Gasteiger partial charge in [-0.2, -0.15) is 23.4 Å². The lowest BCUT2D eigenvalue weighted by Crippen LogP contribution is -2.14. The number of anilines is 1. The van der Waals surface area contributed by atoms with Crippen LogP contribution in [-0.2, 0) is 19.3 Å². The first-order valence-electron chi connectivity index (χ1n) is 10.8. The zero-order chi connectivity index (χ0) is 25.3. The number of alkyl halides is 3. The summed E-state index contributed by atoms with van der Waals surface area (Å²) in [5.41, 5.74) is 3.37. The first-order chi connectivity index (χ1) is 16.5. The second-order valence-corrected chi connectivity index (χ2v) is 8.70. The maximum Gasteiger partial charge on any atom is 0.416 e. The maximum absolute atomic E-state index is 13.0. The molecule has 0 aliphatic rings. The molecule has 1 N–H and O–H groups in total. The minimum absolute atomic E-state index is 0.145. The van der Waals surface area contributed by atoms with Crippen molar-refractivity contribution in [2.24, 2.45) is 0 Å². The minimum atomic E-state index is -4.41. The number of aryl methyl sites for hydroxylation is 2. The predicted octanol–water partition coefficient (Wildman–Crippen LogP) is 6.03. The topological polar surface area (TPSA) is 64.7 Å². The molecule has 0 unspecified atom stereocenters. The SMILES string of the molecule is Cc1nn(Cc2cccc(C(=O)Nc3cc(C)n(Cc4cccc(C(F)(F)F)c4)n3)c2)c(C)c1Cl. The molecule has 1 amide bonds. The molecule has 2 heterocycles. The van der Waals surface area contributed by atoms with Crippen LogP contribution >= 0.6 is 11.6 Å². The lowest BCUT2D eigenvalue weighted by Gasteiger charge is -2.09. The van der Waals surface area contributed by atoms with Crippen LogP contribution in [0.4, 0.5) is 19.0 Å². The molecular formula is C25H23ClF3N5O. The first kappa shape index (κ1) is 24.5. The number of benzene rings is 2. The van der Waals surface area contributed by atoms with Gasteiger partial charge in [-0.3, -0.25) is 14.2 Å². The Kier molecular flexibility index (Phi) is 6.71. The average molecular weight is 502 g/mol. The van der Waals surface area contributed by atoms with Gasteiger partial charge in [-0.05, 0) is 56.2 Å². The molecular weight excluding hydrogens is 479 g/mol. The van der Waals surface area contributed by atoms with E-state index in [-0.39, 0.29) is 12.5 Å². The molecule has 0 saturated heterocycles. The molecule has 2 aromatic carbocycles. The van der Waals surface area contributed by atoms with Crippen molar-refractivity contribution in [1.29, 1.82) is 0 Å². The van der Waals surface area contributed by atoms with Crippen molar-refractivity contribution >= 4 is 23.3 Å². The molecule has 4 rings (SSSR count). The fraction of sp³-hybridized carbons (Fsp3) is 0.240. The second-order valence-electron chi connectivity index (χ2n) is 8.32. The molecule has 0 aliphatic carbocycles. The standard InChI is InChI=1S/C25H23ClF3N5O/c1-15-10-22(32-33(15)13-19-7-5-9-21(12-19)25(27,28)29)30-24(35)20-8-4-6-18(11-20)14-34-17(3)23(26)16(2)31-34/h4-12H,13-14H2,1-3H3,(H,30,32,35). The zero-order valence-corrected chi connectivity index (χ0v) is 20.1. The van der Waals surface area contributed by atoms with Gasteiger partial charge in [0, 0.05) is 17.3 Å². The van der Waals surface area contributed by atoms with Crippen LogP contribution in [0, 0.1) is 20.8 Å². The van der Waals surface area contributed by atoms with E-state index in [2.05, 4.69) is 15.5 Å². The fourth-order valence-corrected chi connectivity index (χ4v) is 3.89. The number of hydrogen-bond donors (Lipinski definition) is 1. The molecule has 4 aromatic rings. The largest absolute Gasteiger partial charge is 0.416 e. The van der Waals surface area contributed by atoms with Gasteiger partial charge in [0.2, 0.25) is 0 Å². The Hall–Kier alpha value is -3.59. The fourth-order valence-electron chi connectivity index (χ4n) is 3.75. The van der Waals surface area contributed by atoms with Crippen LogP contribution in [0.3, 0.4) is 0 Å². The van der Waals surface area contributed by atoms with Gasteiger partial charge in [-0.15, -0.1) is 0 Å². The molecule has 6 nitrogen and oxygen atoms in total. The lowest BCUT2D eigenvalue weighted by atomic mass is 10.1. The van der Waals surface area contributed by atoms with Crippen LogP contribution in [0.5, 0.6) is 0 Å². The normalized spacial score (nSPS) is 11.6. The molecule has 35 heavy (non-hydrogen) atoms. The number of carbonyl (C=O) groups is 1. The average Bonchev–Trinajstić information content (AvgIpc) is 3.26. The van der Waals surface area contributed by atoms with E-state index in [9.17, 15) is 18.0 Å². The summed E-state index contributed by atoms with van der Waals surface area (Å²) in [6.07, 6.45) is -4.41. The van der Waals surface area contributed by atoms with Gasteiger partial charge in [0.05, 0.1) is 35.1 Å². The quantitative estimate of drug-likeness (QED) is 0.351. The van der Waals surface area contributed by atoms with Crippen molar-refractivity contribution in [1.82, 2.24) is 19.6 Å². The Morgan fingerprint density at radius 1 is 0.943 bits per heavy atom. The first-order valence-corrected chi connectivity index (χ1v) is 11.2. The highest BCUT2D eigenvalue weighted by Gasteiger charge is 2.30. The smallest absolute Gasteiger partial charge is 0.305 e. The molecule has 182 valence electrons. The van der Waals surface area contributed by atoms with Crippen LogP contribution in [0.1, 0.15) is 44.1 Å². The van der Waals surface area contributed by atoms with Gasteiger partial charge in [-0.1, -0.05) is 35.9 Å². The molecule has 0 atom stereocenters. The molecule has 0 spiro atoms. The highest BCUT2D eigenvalue weighted by molar-refractivity contribution is 6.31. The number of hydrogen-bond acceptors (Lipinski definition) is 3. The van der Waals surface area contributed by atoms with E-state index in [4.69, 9.17) is 11.6 Å². The third-order valence-corrected chi connectivity index (χ3v) is 6.17. The highest BCUT2D eigenvalue weighted by Crippen LogP contribution is 2.29. The number of aromatic nitrogens is 4. The number of nitrogens with zero attached hydrogens (tertiary/aromatic N) is 4. The monoisotopic (exact) mass is 501 g/mol. The summed E-state index contributed by atoms with van der Waals surface area (Å²) in [6.45, 7) is 6.11. The Morgan fingerprint density at radius 2 is 1.60 bits per heavy atom. The second kappa shape index (κ2) is 9.58. The van der Waals surface area contributed by atoms with E-state index in [0.717, 1.165) is 29.1 Å². The van der Waals surface area contributed by atoms with Gasteiger partial charge in [0.25, 0.3) is 5.91 Å². The van der Waals surface area contributed by atoms with Gasteiger partial charge in [0.15, 0.2) is 5.82 Å². The van der Waals surface area contributed by atoms with Crippen molar-refractivity contribution < 1.29 is 18.0 Å². The number of rotatable bonds is 6. The molecule has 0 radical (unpaired) electrons. The minimum Gasteiger partial charge on any atom is -0.305 e. The number of nitrogens with one attached hydrogen (secondary N) is 1. The van der Waals surface area contributed by atoms with E-state index in [1.54, 1.807) is 46.6 Å². The molecule has 2 aromatic heterocycles. The van der Waals surface area contributed by atoms with E-state index < -0.39 is 11.7 Å².